The molecule has 1 aromatic rings. The Balaban J connectivity index is 2.90. The molecule has 1 atom stereocenters. The topological polar surface area (TPSA) is 43.4 Å². The van der Waals surface area contributed by atoms with Gasteiger partial charge in [0, 0.05) is 25.6 Å². The highest BCUT2D eigenvalue weighted by Crippen LogP contribution is 2.28. The van der Waals surface area contributed by atoms with Crippen molar-refractivity contribution >= 4 is 11.3 Å². The third-order valence-corrected chi connectivity index (χ3v) is 3.53. The van der Waals surface area contributed by atoms with Crippen LogP contribution in [0.5, 0.6) is 0 Å². The van der Waals surface area contributed by atoms with Crippen molar-refractivity contribution in [1.82, 2.24) is 10.3 Å². The Morgan fingerprint density at radius 3 is 2.69 bits per heavy atom. The van der Waals surface area contributed by atoms with Gasteiger partial charge in [-0.2, -0.15) is 0 Å². The Morgan fingerprint density at radius 2 is 2.19 bits per heavy atom. The van der Waals surface area contributed by atoms with Crippen LogP contribution in [0.1, 0.15) is 35.0 Å². The van der Waals surface area contributed by atoms with Crippen molar-refractivity contribution < 1.29 is 9.47 Å². The fourth-order valence-electron chi connectivity index (χ4n) is 1.53. The molecule has 0 saturated carbocycles. The molecule has 1 rings (SSSR count). The monoisotopic (exact) mass is 244 g/mol. The van der Waals surface area contributed by atoms with Gasteiger partial charge in [-0.05, 0) is 13.5 Å². The smallest absolute Gasteiger partial charge is 0.122 e. The van der Waals surface area contributed by atoms with Gasteiger partial charge in [0.05, 0.1) is 12.3 Å². The summed E-state index contributed by atoms with van der Waals surface area (Å²) in [6.07, 6.45) is 1.04. The van der Waals surface area contributed by atoms with Crippen LogP contribution in [-0.4, -0.2) is 26.3 Å². The van der Waals surface area contributed by atoms with Crippen LogP contribution < -0.4 is 5.32 Å². The first kappa shape index (κ1) is 13.6. The molecule has 92 valence electrons. The predicted octanol–water partition coefficient (Wildman–Crippen LogP) is 2.11. The van der Waals surface area contributed by atoms with Crippen molar-refractivity contribution in [2.24, 2.45) is 0 Å². The van der Waals surface area contributed by atoms with Crippen LogP contribution in [-0.2, 0) is 22.6 Å². The second-order valence-corrected chi connectivity index (χ2v) is 4.63. The van der Waals surface area contributed by atoms with Gasteiger partial charge in [0.15, 0.2) is 0 Å². The normalized spacial score (nSPS) is 13.0. The molecule has 1 N–H and O–H groups in total. The summed E-state index contributed by atoms with van der Waals surface area (Å²) in [5, 5.41) is 4.19. The summed E-state index contributed by atoms with van der Waals surface area (Å²) in [5.74, 6) is 0. The Morgan fingerprint density at radius 1 is 1.44 bits per heavy atom. The number of hydrogen-bond acceptors (Lipinski definition) is 5. The summed E-state index contributed by atoms with van der Waals surface area (Å²) in [7, 11) is 5.35. The Hall–Kier alpha value is -0.490. The highest BCUT2D eigenvalue weighted by Gasteiger charge is 2.16. The lowest BCUT2D eigenvalue weighted by Gasteiger charge is -2.08. The van der Waals surface area contributed by atoms with Gasteiger partial charge >= 0.3 is 0 Å². The van der Waals surface area contributed by atoms with E-state index < -0.39 is 0 Å². The molecule has 0 amide bonds. The molecule has 1 aromatic heterocycles. The van der Waals surface area contributed by atoms with Crippen LogP contribution in [0.3, 0.4) is 0 Å². The Bertz CT molecular complexity index is 287. The van der Waals surface area contributed by atoms with Crippen molar-refractivity contribution in [3.8, 4) is 0 Å². The van der Waals surface area contributed by atoms with Crippen LogP contribution in [0.2, 0.25) is 0 Å². The molecule has 5 heteroatoms. The van der Waals surface area contributed by atoms with Gasteiger partial charge in [-0.3, -0.25) is 0 Å². The lowest BCUT2D eigenvalue weighted by Crippen LogP contribution is -2.06. The lowest BCUT2D eigenvalue weighted by atomic mass is 10.3. The number of aromatic nitrogens is 1. The van der Waals surface area contributed by atoms with Crippen LogP contribution in [0.4, 0.5) is 0 Å². The number of nitrogens with zero attached hydrogens (tertiary/aromatic N) is 1. The zero-order valence-electron chi connectivity index (χ0n) is 10.4. The SMILES string of the molecule is CCC(OC)c1nc(COC)c(CNC)s1. The van der Waals surface area contributed by atoms with Gasteiger partial charge in [-0.25, -0.2) is 4.98 Å². The number of hydrogen-bond donors (Lipinski definition) is 1. The zero-order chi connectivity index (χ0) is 12.0. The number of methoxy groups -OCH3 is 2. The van der Waals surface area contributed by atoms with Gasteiger partial charge in [-0.15, -0.1) is 11.3 Å². The molecule has 0 radical (unpaired) electrons. The molecular weight excluding hydrogens is 224 g/mol. The second-order valence-electron chi connectivity index (χ2n) is 3.52. The van der Waals surface area contributed by atoms with E-state index in [-0.39, 0.29) is 6.10 Å². The van der Waals surface area contributed by atoms with Crippen molar-refractivity contribution in [2.75, 3.05) is 21.3 Å². The Kier molecular flexibility index (Phi) is 5.90. The van der Waals surface area contributed by atoms with Crippen LogP contribution >= 0.6 is 11.3 Å². The van der Waals surface area contributed by atoms with Gasteiger partial charge < -0.3 is 14.8 Å². The molecule has 0 aliphatic heterocycles. The lowest BCUT2D eigenvalue weighted by molar-refractivity contribution is 0.0992. The quantitative estimate of drug-likeness (QED) is 0.797. The van der Waals surface area contributed by atoms with E-state index in [4.69, 9.17) is 9.47 Å². The van der Waals surface area contributed by atoms with E-state index >= 15 is 0 Å². The molecule has 0 bridgehead atoms. The van der Waals surface area contributed by atoms with Crippen LogP contribution in [0.25, 0.3) is 0 Å². The third-order valence-electron chi connectivity index (χ3n) is 2.34. The molecule has 1 heterocycles. The molecule has 0 aliphatic rings. The standard InChI is InChI=1S/C11H20N2O2S/c1-5-9(15-4)11-13-8(7-14-3)10(16-11)6-12-2/h9,12H,5-7H2,1-4H3. The van der Waals surface area contributed by atoms with Crippen molar-refractivity contribution in [3.05, 3.63) is 15.6 Å². The average molecular weight is 244 g/mol. The summed E-state index contributed by atoms with van der Waals surface area (Å²) in [6.45, 7) is 3.49. The van der Waals surface area contributed by atoms with E-state index in [1.807, 2.05) is 7.05 Å². The minimum Gasteiger partial charge on any atom is -0.378 e. The first-order chi connectivity index (χ1) is 7.76. The maximum Gasteiger partial charge on any atom is 0.122 e. The number of ether oxygens (including phenoxy) is 2. The van der Waals surface area contributed by atoms with Gasteiger partial charge in [0.2, 0.25) is 0 Å². The summed E-state index contributed by atoms with van der Waals surface area (Å²) >= 11 is 1.70. The first-order valence-corrected chi connectivity index (χ1v) is 6.23. The van der Waals surface area contributed by atoms with E-state index in [0.29, 0.717) is 6.61 Å². The summed E-state index contributed by atoms with van der Waals surface area (Å²) in [4.78, 5) is 5.82. The minimum atomic E-state index is 0.103. The summed E-state index contributed by atoms with van der Waals surface area (Å²) in [5.41, 5.74) is 1.02. The molecule has 1 unspecified atom stereocenters. The van der Waals surface area contributed by atoms with Crippen LogP contribution in [0.15, 0.2) is 0 Å². The highest BCUT2D eigenvalue weighted by atomic mass is 32.1. The molecule has 0 aromatic carbocycles. The number of nitrogens with one attached hydrogen (secondary N) is 1. The largest absolute Gasteiger partial charge is 0.378 e. The molecule has 0 saturated heterocycles. The van der Waals surface area contributed by atoms with E-state index in [1.165, 1.54) is 4.88 Å². The molecule has 0 spiro atoms. The minimum absolute atomic E-state index is 0.103. The molecule has 0 fully saturated rings. The van der Waals surface area contributed by atoms with E-state index in [9.17, 15) is 0 Å². The maximum atomic E-state index is 5.40. The fraction of sp³-hybridized carbons (Fsp3) is 0.727. The van der Waals surface area contributed by atoms with Gasteiger partial charge in [-0.1, -0.05) is 6.92 Å². The van der Waals surface area contributed by atoms with Gasteiger partial charge in [0.25, 0.3) is 0 Å². The van der Waals surface area contributed by atoms with Crippen molar-refractivity contribution in [3.63, 3.8) is 0 Å². The van der Waals surface area contributed by atoms with Crippen LogP contribution in [0, 0.1) is 0 Å². The molecular formula is C11H20N2O2S. The molecule has 16 heavy (non-hydrogen) atoms. The second kappa shape index (κ2) is 6.96. The Labute approximate surface area is 101 Å². The summed E-state index contributed by atoms with van der Waals surface area (Å²) < 4.78 is 10.5. The van der Waals surface area contributed by atoms with E-state index in [0.717, 1.165) is 23.7 Å². The zero-order valence-corrected chi connectivity index (χ0v) is 11.2. The van der Waals surface area contributed by atoms with Gasteiger partial charge in [0.1, 0.15) is 11.1 Å². The first-order valence-electron chi connectivity index (χ1n) is 5.41. The van der Waals surface area contributed by atoms with Crippen molar-refractivity contribution in [2.45, 2.75) is 32.6 Å². The number of rotatable bonds is 7. The summed E-state index contributed by atoms with van der Waals surface area (Å²) in [6, 6.07) is 0. The third kappa shape index (κ3) is 3.25. The van der Waals surface area contributed by atoms with E-state index in [1.54, 1.807) is 25.6 Å². The van der Waals surface area contributed by atoms with Crippen molar-refractivity contribution in [1.29, 1.82) is 0 Å². The maximum absolute atomic E-state index is 5.40. The molecule has 4 nitrogen and oxygen atoms in total. The molecule has 0 aliphatic carbocycles. The predicted molar refractivity (Wildman–Crippen MR) is 65.6 cm³/mol. The van der Waals surface area contributed by atoms with E-state index in [2.05, 4.69) is 17.2 Å². The average Bonchev–Trinajstić information content (AvgIpc) is 2.65. The number of thiazole rings is 1. The highest BCUT2D eigenvalue weighted by molar-refractivity contribution is 7.11. The fourth-order valence-corrected chi connectivity index (χ4v) is 2.77.